The molecule has 0 aliphatic heterocycles. The minimum atomic E-state index is -1.12. The summed E-state index contributed by atoms with van der Waals surface area (Å²) in [6, 6.07) is 5.05. The van der Waals surface area contributed by atoms with Crippen molar-refractivity contribution in [3.8, 4) is 28.8 Å². The van der Waals surface area contributed by atoms with Crippen LogP contribution < -0.4 is 24.6 Å². The smallest absolute Gasteiger partial charge is 0.332 e. The number of rotatable bonds is 9. The average molecular weight is 523 g/mol. The maximum absolute atomic E-state index is 14.5. The van der Waals surface area contributed by atoms with Crippen molar-refractivity contribution in [3.05, 3.63) is 62.8 Å². The Balaban J connectivity index is 1.84. The third kappa shape index (κ3) is 4.64. The average Bonchev–Trinajstić information content (AvgIpc) is 3.19. The first-order valence-corrected chi connectivity index (χ1v) is 10.8. The third-order valence-corrected chi connectivity index (χ3v) is 5.44. The van der Waals surface area contributed by atoms with Crippen LogP contribution in [0.15, 0.2) is 29.1 Å². The molecule has 2 aromatic heterocycles. The number of ether oxygens (including phenoxy) is 5. The number of benzene rings is 2. The van der Waals surface area contributed by atoms with Crippen molar-refractivity contribution >= 4 is 22.8 Å². The molecule has 13 heteroatoms. The molecule has 4 rings (SSSR count). The summed E-state index contributed by atoms with van der Waals surface area (Å²) in [5.41, 5.74) is -0.0680. The van der Waals surface area contributed by atoms with Gasteiger partial charge in [-0.2, -0.15) is 4.98 Å². The van der Waals surface area contributed by atoms with E-state index in [2.05, 4.69) is 15.0 Å². The van der Waals surface area contributed by atoms with Crippen molar-refractivity contribution in [3.63, 3.8) is 0 Å². The summed E-state index contributed by atoms with van der Waals surface area (Å²) >= 11 is 6.51. The molecule has 190 valence electrons. The molecule has 0 fully saturated rings. The Hall–Kier alpha value is -3.90. The van der Waals surface area contributed by atoms with E-state index in [-0.39, 0.29) is 57.4 Å². The Morgan fingerprint density at radius 2 is 1.78 bits per heavy atom. The number of imidazole rings is 1. The lowest BCUT2D eigenvalue weighted by molar-refractivity contribution is 0.0483. The van der Waals surface area contributed by atoms with Crippen LogP contribution in [0.25, 0.3) is 16.9 Å². The molecule has 0 atom stereocenters. The minimum Gasteiger partial charge on any atom is -0.496 e. The van der Waals surface area contributed by atoms with Crippen molar-refractivity contribution < 1.29 is 32.5 Å². The van der Waals surface area contributed by atoms with Crippen LogP contribution in [0.2, 0.25) is 5.02 Å². The van der Waals surface area contributed by atoms with Gasteiger partial charge in [0, 0.05) is 19.2 Å². The van der Waals surface area contributed by atoms with Gasteiger partial charge >= 0.3 is 5.69 Å². The van der Waals surface area contributed by atoms with Gasteiger partial charge in [-0.25, -0.2) is 23.1 Å². The van der Waals surface area contributed by atoms with Gasteiger partial charge in [0.25, 0.3) is 0 Å². The highest BCUT2D eigenvalue weighted by Gasteiger charge is 2.22. The quantitative estimate of drug-likeness (QED) is 0.329. The van der Waals surface area contributed by atoms with E-state index in [1.165, 1.54) is 44.1 Å². The number of hydrogen-bond acceptors (Lipinski definition) is 8. The lowest BCUT2D eigenvalue weighted by Gasteiger charge is -2.17. The molecule has 0 amide bonds. The van der Waals surface area contributed by atoms with E-state index < -0.39 is 23.9 Å². The Kier molecular flexibility index (Phi) is 7.27. The summed E-state index contributed by atoms with van der Waals surface area (Å²) in [5, 5.41) is 0.112. The van der Waals surface area contributed by atoms with Gasteiger partial charge in [0.2, 0.25) is 5.88 Å². The van der Waals surface area contributed by atoms with Gasteiger partial charge in [-0.1, -0.05) is 11.6 Å². The highest BCUT2D eigenvalue weighted by atomic mass is 35.5. The standard InChI is InChI=1S/C23H21ClF2N4O6/c1-11-27-21-20(22(28-11)34-4)29-23(31)30(21)15-8-18(17(7-13(15)24)36-10-32-2)35-9-12-16(33-3)6-5-14(25)19(12)26/h5-8H,9-10H2,1-4H3,(H,29,31). The van der Waals surface area contributed by atoms with E-state index in [4.69, 9.17) is 35.3 Å². The fourth-order valence-electron chi connectivity index (χ4n) is 3.53. The topological polar surface area (TPSA) is 110 Å². The molecule has 0 radical (unpaired) electrons. The van der Waals surface area contributed by atoms with Crippen molar-refractivity contribution in [1.82, 2.24) is 19.5 Å². The zero-order valence-corrected chi connectivity index (χ0v) is 20.4. The number of aryl methyl sites for hydroxylation is 1. The Morgan fingerprint density at radius 3 is 2.47 bits per heavy atom. The molecule has 10 nitrogen and oxygen atoms in total. The molecule has 1 N–H and O–H groups in total. The minimum absolute atomic E-state index is 0.0659. The first-order chi connectivity index (χ1) is 17.3. The molecule has 0 aliphatic carbocycles. The number of methoxy groups -OCH3 is 3. The molecule has 36 heavy (non-hydrogen) atoms. The molecule has 0 bridgehead atoms. The first-order valence-electron chi connectivity index (χ1n) is 10.4. The van der Waals surface area contributed by atoms with Crippen molar-refractivity contribution in [2.24, 2.45) is 0 Å². The van der Waals surface area contributed by atoms with Gasteiger partial charge in [-0.15, -0.1) is 0 Å². The summed E-state index contributed by atoms with van der Waals surface area (Å²) in [6.07, 6.45) is 0. The summed E-state index contributed by atoms with van der Waals surface area (Å²) < 4.78 is 56.2. The van der Waals surface area contributed by atoms with Gasteiger partial charge < -0.3 is 23.7 Å². The second kappa shape index (κ2) is 10.4. The summed E-state index contributed by atoms with van der Waals surface area (Å²) in [5.74, 6) is -1.35. The van der Waals surface area contributed by atoms with Crippen LogP contribution in [0.4, 0.5) is 8.78 Å². The first kappa shape index (κ1) is 25.2. The summed E-state index contributed by atoms with van der Waals surface area (Å²) in [7, 11) is 4.16. The summed E-state index contributed by atoms with van der Waals surface area (Å²) in [6.45, 7) is 1.07. The van der Waals surface area contributed by atoms with Gasteiger partial charge in [0.05, 0.1) is 30.5 Å². The normalized spacial score (nSPS) is 11.1. The number of aromatic amines is 1. The Labute approximate surface area is 208 Å². The van der Waals surface area contributed by atoms with Gasteiger partial charge in [0.15, 0.2) is 35.6 Å². The zero-order chi connectivity index (χ0) is 26.0. The fraction of sp³-hybridized carbons (Fsp3) is 0.261. The number of fused-ring (bicyclic) bond motifs is 1. The Morgan fingerprint density at radius 1 is 1.03 bits per heavy atom. The second-order valence-electron chi connectivity index (χ2n) is 7.38. The van der Waals surface area contributed by atoms with E-state index in [9.17, 15) is 13.6 Å². The van der Waals surface area contributed by atoms with Crippen LogP contribution in [0, 0.1) is 18.6 Å². The van der Waals surface area contributed by atoms with E-state index in [1.807, 2.05) is 0 Å². The van der Waals surface area contributed by atoms with Crippen LogP contribution >= 0.6 is 11.6 Å². The maximum Gasteiger partial charge on any atom is 0.332 e. The van der Waals surface area contributed by atoms with Gasteiger partial charge in [-0.05, 0) is 19.1 Å². The molecule has 2 aromatic carbocycles. The van der Waals surface area contributed by atoms with E-state index in [1.54, 1.807) is 6.92 Å². The third-order valence-electron chi connectivity index (χ3n) is 5.14. The van der Waals surface area contributed by atoms with Crippen LogP contribution in [0.3, 0.4) is 0 Å². The van der Waals surface area contributed by atoms with E-state index >= 15 is 0 Å². The monoisotopic (exact) mass is 522 g/mol. The maximum atomic E-state index is 14.5. The zero-order valence-electron chi connectivity index (χ0n) is 19.6. The molecular weight excluding hydrogens is 502 g/mol. The van der Waals surface area contributed by atoms with Gasteiger partial charge in [-0.3, -0.25) is 4.98 Å². The van der Waals surface area contributed by atoms with Crippen molar-refractivity contribution in [1.29, 1.82) is 0 Å². The highest BCUT2D eigenvalue weighted by Crippen LogP contribution is 2.37. The van der Waals surface area contributed by atoms with Crippen LogP contribution in [0.1, 0.15) is 11.4 Å². The number of hydrogen-bond donors (Lipinski definition) is 1. The second-order valence-corrected chi connectivity index (χ2v) is 7.78. The van der Waals surface area contributed by atoms with Crippen LogP contribution in [0.5, 0.6) is 23.1 Å². The molecular formula is C23H21ClF2N4O6. The highest BCUT2D eigenvalue weighted by molar-refractivity contribution is 6.32. The van der Waals surface area contributed by atoms with Crippen molar-refractivity contribution in [2.75, 3.05) is 28.1 Å². The SMILES string of the molecule is COCOc1cc(Cl)c(-n2c(=O)[nH]c3c(OC)nc(C)nc32)cc1OCc1c(OC)ccc(F)c1F. The van der Waals surface area contributed by atoms with Crippen LogP contribution in [-0.4, -0.2) is 47.6 Å². The molecule has 0 unspecified atom stereocenters. The van der Waals surface area contributed by atoms with Gasteiger partial charge in [0.1, 0.15) is 23.7 Å². The fourth-order valence-corrected chi connectivity index (χ4v) is 3.77. The lowest BCUT2D eigenvalue weighted by atomic mass is 10.2. The number of nitrogens with one attached hydrogen (secondary N) is 1. The molecule has 0 spiro atoms. The number of aromatic nitrogens is 4. The summed E-state index contributed by atoms with van der Waals surface area (Å²) in [4.78, 5) is 24.1. The predicted octanol–water partition coefficient (Wildman–Crippen LogP) is 3.93. The van der Waals surface area contributed by atoms with Crippen molar-refractivity contribution in [2.45, 2.75) is 13.5 Å². The number of nitrogens with zero attached hydrogens (tertiary/aromatic N) is 3. The Bertz CT molecular complexity index is 1490. The number of halogens is 3. The van der Waals surface area contributed by atoms with Crippen LogP contribution in [-0.2, 0) is 11.3 Å². The molecule has 0 saturated carbocycles. The molecule has 4 aromatic rings. The largest absolute Gasteiger partial charge is 0.496 e. The molecule has 0 aliphatic rings. The van der Waals surface area contributed by atoms with E-state index in [0.717, 1.165) is 6.07 Å². The lowest BCUT2D eigenvalue weighted by Crippen LogP contribution is -2.16. The number of H-pyrrole nitrogens is 1. The molecule has 2 heterocycles. The van der Waals surface area contributed by atoms with E-state index in [0.29, 0.717) is 5.82 Å². The predicted molar refractivity (Wildman–Crippen MR) is 126 cm³/mol. The molecule has 0 saturated heterocycles.